The van der Waals surface area contributed by atoms with Gasteiger partial charge in [-0.25, -0.2) is 0 Å². The van der Waals surface area contributed by atoms with Crippen molar-refractivity contribution in [1.29, 1.82) is 0 Å². The van der Waals surface area contributed by atoms with Gasteiger partial charge in [0.2, 0.25) is 0 Å². The normalized spacial score (nSPS) is 19.6. The zero-order chi connectivity index (χ0) is 13.9. The molecule has 1 heterocycles. The third kappa shape index (κ3) is 3.90. The molecular formula is C17H25NO. The molecule has 2 heteroatoms. The SMILES string of the molecule is CC(C)(C)c1ccc(C(=O)CCC2CCNC2)cc1. The minimum Gasteiger partial charge on any atom is -0.316 e. The Morgan fingerprint density at radius 3 is 2.47 bits per heavy atom. The summed E-state index contributed by atoms with van der Waals surface area (Å²) in [6, 6.07) is 8.14. The second kappa shape index (κ2) is 5.87. The van der Waals surface area contributed by atoms with E-state index >= 15 is 0 Å². The summed E-state index contributed by atoms with van der Waals surface area (Å²) in [6.07, 6.45) is 2.92. The number of rotatable bonds is 4. The molecule has 1 aromatic carbocycles. The van der Waals surface area contributed by atoms with Crippen LogP contribution in [0.5, 0.6) is 0 Å². The molecule has 2 rings (SSSR count). The Hall–Kier alpha value is -1.15. The summed E-state index contributed by atoms with van der Waals surface area (Å²) < 4.78 is 0. The third-order valence-corrected chi connectivity index (χ3v) is 4.01. The highest BCUT2D eigenvalue weighted by Crippen LogP contribution is 2.23. The van der Waals surface area contributed by atoms with Crippen molar-refractivity contribution < 1.29 is 4.79 Å². The molecule has 2 nitrogen and oxygen atoms in total. The smallest absolute Gasteiger partial charge is 0.162 e. The third-order valence-electron chi connectivity index (χ3n) is 4.01. The van der Waals surface area contributed by atoms with Crippen LogP contribution in [0.15, 0.2) is 24.3 Å². The molecule has 19 heavy (non-hydrogen) atoms. The summed E-state index contributed by atoms with van der Waals surface area (Å²) in [5.74, 6) is 0.977. The van der Waals surface area contributed by atoms with E-state index in [1.165, 1.54) is 12.0 Å². The van der Waals surface area contributed by atoms with Crippen molar-refractivity contribution in [3.05, 3.63) is 35.4 Å². The van der Waals surface area contributed by atoms with Gasteiger partial charge in [-0.1, -0.05) is 45.0 Å². The summed E-state index contributed by atoms with van der Waals surface area (Å²) in [7, 11) is 0. The molecule has 1 fully saturated rings. The molecule has 104 valence electrons. The molecule has 1 N–H and O–H groups in total. The average Bonchev–Trinajstić information content (AvgIpc) is 2.88. The van der Waals surface area contributed by atoms with Crippen molar-refractivity contribution in [2.45, 2.75) is 45.4 Å². The molecule has 0 saturated carbocycles. The van der Waals surface area contributed by atoms with E-state index in [0.29, 0.717) is 12.3 Å². The van der Waals surface area contributed by atoms with Crippen molar-refractivity contribution in [2.75, 3.05) is 13.1 Å². The van der Waals surface area contributed by atoms with Crippen LogP contribution in [0.2, 0.25) is 0 Å². The number of nitrogens with one attached hydrogen (secondary N) is 1. The molecule has 1 atom stereocenters. The Bertz CT molecular complexity index is 422. The van der Waals surface area contributed by atoms with Crippen molar-refractivity contribution >= 4 is 5.78 Å². The number of ketones is 1. The Morgan fingerprint density at radius 2 is 1.95 bits per heavy atom. The number of carbonyl (C=O) groups excluding carboxylic acids is 1. The fourth-order valence-corrected chi connectivity index (χ4v) is 2.60. The molecule has 1 saturated heterocycles. The first kappa shape index (κ1) is 14.3. The topological polar surface area (TPSA) is 29.1 Å². The summed E-state index contributed by atoms with van der Waals surface area (Å²) in [5.41, 5.74) is 2.29. The van der Waals surface area contributed by atoms with Gasteiger partial charge in [-0.15, -0.1) is 0 Å². The first-order valence-corrected chi connectivity index (χ1v) is 7.31. The van der Waals surface area contributed by atoms with Gasteiger partial charge >= 0.3 is 0 Å². The Morgan fingerprint density at radius 1 is 1.26 bits per heavy atom. The summed E-state index contributed by atoms with van der Waals surface area (Å²) in [5, 5.41) is 3.35. The lowest BCUT2D eigenvalue weighted by molar-refractivity contribution is 0.0974. The summed E-state index contributed by atoms with van der Waals surface area (Å²) in [4.78, 5) is 12.1. The van der Waals surface area contributed by atoms with E-state index in [1.807, 2.05) is 12.1 Å². The first-order chi connectivity index (χ1) is 8.97. The number of Topliss-reactive ketones (excluding diaryl/α,β-unsaturated/α-hetero) is 1. The van der Waals surface area contributed by atoms with Crippen LogP contribution in [0.1, 0.15) is 56.0 Å². The van der Waals surface area contributed by atoms with Gasteiger partial charge < -0.3 is 5.32 Å². The van der Waals surface area contributed by atoms with Crippen LogP contribution in [0.4, 0.5) is 0 Å². The number of benzene rings is 1. The van der Waals surface area contributed by atoms with Gasteiger partial charge in [0.25, 0.3) is 0 Å². The van der Waals surface area contributed by atoms with E-state index in [9.17, 15) is 4.79 Å². The predicted molar refractivity (Wildman–Crippen MR) is 79.7 cm³/mol. The highest BCUT2D eigenvalue weighted by molar-refractivity contribution is 5.96. The molecule has 0 spiro atoms. The van der Waals surface area contributed by atoms with Crippen molar-refractivity contribution in [3.8, 4) is 0 Å². The van der Waals surface area contributed by atoms with Crippen LogP contribution >= 0.6 is 0 Å². The second-order valence-electron chi connectivity index (χ2n) is 6.65. The first-order valence-electron chi connectivity index (χ1n) is 7.31. The van der Waals surface area contributed by atoms with Crippen molar-refractivity contribution in [2.24, 2.45) is 5.92 Å². The minimum absolute atomic E-state index is 0.150. The van der Waals surface area contributed by atoms with E-state index in [1.54, 1.807) is 0 Å². The van der Waals surface area contributed by atoms with E-state index in [-0.39, 0.29) is 11.2 Å². The van der Waals surface area contributed by atoms with Crippen molar-refractivity contribution in [1.82, 2.24) is 5.32 Å². The zero-order valence-corrected chi connectivity index (χ0v) is 12.3. The Balaban J connectivity index is 1.92. The average molecular weight is 259 g/mol. The molecule has 1 unspecified atom stereocenters. The molecule has 0 amide bonds. The standard InChI is InChI=1S/C17H25NO/c1-17(2,3)15-7-5-14(6-8-15)16(19)9-4-13-10-11-18-12-13/h5-8,13,18H,4,9-12H2,1-3H3. The van der Waals surface area contributed by atoms with Crippen LogP contribution in [0.3, 0.4) is 0 Å². The molecule has 1 aliphatic rings. The largest absolute Gasteiger partial charge is 0.316 e. The molecule has 0 bridgehead atoms. The van der Waals surface area contributed by atoms with Gasteiger partial charge in [0.05, 0.1) is 0 Å². The molecule has 0 aliphatic carbocycles. The van der Waals surface area contributed by atoms with Crippen molar-refractivity contribution in [3.63, 3.8) is 0 Å². The van der Waals surface area contributed by atoms with Gasteiger partial charge in [0, 0.05) is 12.0 Å². The van der Waals surface area contributed by atoms with Crippen LogP contribution < -0.4 is 5.32 Å². The van der Waals surface area contributed by atoms with Crippen LogP contribution in [-0.4, -0.2) is 18.9 Å². The zero-order valence-electron chi connectivity index (χ0n) is 12.3. The van der Waals surface area contributed by atoms with E-state index in [2.05, 4.69) is 38.2 Å². The van der Waals surface area contributed by atoms with Crippen LogP contribution in [0.25, 0.3) is 0 Å². The fourth-order valence-electron chi connectivity index (χ4n) is 2.60. The van der Waals surface area contributed by atoms with Gasteiger partial charge in [0.15, 0.2) is 5.78 Å². The quantitative estimate of drug-likeness (QED) is 0.838. The molecule has 1 aromatic rings. The highest BCUT2D eigenvalue weighted by atomic mass is 16.1. The van der Waals surface area contributed by atoms with E-state index in [4.69, 9.17) is 0 Å². The monoisotopic (exact) mass is 259 g/mol. The maximum atomic E-state index is 12.1. The highest BCUT2D eigenvalue weighted by Gasteiger charge is 2.17. The lowest BCUT2D eigenvalue weighted by Crippen LogP contribution is -2.12. The Kier molecular flexibility index (Phi) is 4.41. The lowest BCUT2D eigenvalue weighted by atomic mass is 9.86. The van der Waals surface area contributed by atoms with E-state index in [0.717, 1.165) is 25.1 Å². The van der Waals surface area contributed by atoms with Gasteiger partial charge in [-0.05, 0) is 42.8 Å². The molecule has 0 aromatic heterocycles. The van der Waals surface area contributed by atoms with Gasteiger partial charge in [-0.2, -0.15) is 0 Å². The van der Waals surface area contributed by atoms with Gasteiger partial charge in [-0.3, -0.25) is 4.79 Å². The molecular weight excluding hydrogens is 234 g/mol. The summed E-state index contributed by atoms with van der Waals surface area (Å²) in [6.45, 7) is 8.76. The molecule has 1 aliphatic heterocycles. The van der Waals surface area contributed by atoms with Gasteiger partial charge in [0.1, 0.15) is 0 Å². The number of carbonyl (C=O) groups is 1. The fraction of sp³-hybridized carbons (Fsp3) is 0.588. The lowest BCUT2D eigenvalue weighted by Gasteiger charge is -2.19. The van der Waals surface area contributed by atoms with Crippen LogP contribution in [-0.2, 0) is 5.41 Å². The predicted octanol–water partition coefficient (Wildman–Crippen LogP) is 3.56. The molecule has 0 radical (unpaired) electrons. The number of hydrogen-bond acceptors (Lipinski definition) is 2. The van der Waals surface area contributed by atoms with E-state index < -0.39 is 0 Å². The minimum atomic E-state index is 0.150. The maximum Gasteiger partial charge on any atom is 0.162 e. The number of hydrogen-bond donors (Lipinski definition) is 1. The second-order valence-corrected chi connectivity index (χ2v) is 6.65. The van der Waals surface area contributed by atoms with Crippen LogP contribution in [0, 0.1) is 5.92 Å². The Labute approximate surface area is 116 Å². The maximum absolute atomic E-state index is 12.1. The summed E-state index contributed by atoms with van der Waals surface area (Å²) >= 11 is 0.